The molecule has 1 unspecified atom stereocenters. The first-order valence-electron chi connectivity index (χ1n) is 13.5. The number of nitrogens with zero attached hydrogens (tertiary/aromatic N) is 2. The first kappa shape index (κ1) is 26.8. The number of aryl methyl sites for hydroxylation is 1. The van der Waals surface area contributed by atoms with Crippen LogP contribution in [0.15, 0.2) is 97.2 Å². The maximum absolute atomic E-state index is 13.9. The summed E-state index contributed by atoms with van der Waals surface area (Å²) in [5, 5.41) is 12.5. The van der Waals surface area contributed by atoms with Crippen LogP contribution in [-0.4, -0.2) is 45.9 Å². The van der Waals surface area contributed by atoms with Crippen LogP contribution in [0.2, 0.25) is 0 Å². The van der Waals surface area contributed by atoms with Gasteiger partial charge in [-0.1, -0.05) is 66.7 Å². The summed E-state index contributed by atoms with van der Waals surface area (Å²) in [7, 11) is 0. The molecule has 0 saturated heterocycles. The first-order valence-corrected chi connectivity index (χ1v) is 13.5. The van der Waals surface area contributed by atoms with Gasteiger partial charge in [0.15, 0.2) is 0 Å². The van der Waals surface area contributed by atoms with Gasteiger partial charge in [-0.25, -0.2) is 0 Å². The number of nitrogens with one attached hydrogen (secondary N) is 1. The van der Waals surface area contributed by atoms with Crippen molar-refractivity contribution in [1.82, 2.24) is 15.2 Å². The van der Waals surface area contributed by atoms with Gasteiger partial charge in [0, 0.05) is 42.5 Å². The van der Waals surface area contributed by atoms with Gasteiger partial charge in [0.25, 0.3) is 11.8 Å². The van der Waals surface area contributed by atoms with Crippen molar-refractivity contribution in [2.24, 2.45) is 0 Å². The molecule has 0 aliphatic heterocycles. The molecule has 40 heavy (non-hydrogen) atoms. The molecule has 0 saturated carbocycles. The molecule has 1 atom stereocenters. The van der Waals surface area contributed by atoms with Crippen molar-refractivity contribution >= 4 is 17.8 Å². The molecule has 5 rings (SSSR count). The molecule has 1 aromatic heterocycles. The van der Waals surface area contributed by atoms with E-state index in [4.69, 9.17) is 0 Å². The Labute approximate surface area is 233 Å². The molecule has 4 aromatic rings. The van der Waals surface area contributed by atoms with Crippen LogP contribution in [-0.2, 0) is 17.6 Å². The van der Waals surface area contributed by atoms with Gasteiger partial charge < -0.3 is 15.3 Å². The summed E-state index contributed by atoms with van der Waals surface area (Å²) < 4.78 is 0. The molecule has 0 spiro atoms. The number of hydrogen-bond donors (Lipinski definition) is 2. The quantitative estimate of drug-likeness (QED) is 0.287. The lowest BCUT2D eigenvalue weighted by atomic mass is 9.94. The van der Waals surface area contributed by atoms with Crippen LogP contribution in [0.5, 0.6) is 0 Å². The molecule has 2 amide bonds. The highest BCUT2D eigenvalue weighted by atomic mass is 16.4. The summed E-state index contributed by atoms with van der Waals surface area (Å²) in [6.45, 7) is 0.388. The summed E-state index contributed by atoms with van der Waals surface area (Å²) in [6.07, 6.45) is 3.79. The lowest BCUT2D eigenvalue weighted by molar-refractivity contribution is -0.137. The summed E-state index contributed by atoms with van der Waals surface area (Å²) >= 11 is 0. The van der Waals surface area contributed by atoms with E-state index in [2.05, 4.69) is 22.4 Å². The third kappa shape index (κ3) is 6.10. The van der Waals surface area contributed by atoms with Crippen molar-refractivity contribution in [3.05, 3.63) is 125 Å². The second kappa shape index (κ2) is 12.4. The number of carbonyl (C=O) groups is 3. The third-order valence-corrected chi connectivity index (χ3v) is 7.30. The Kier molecular flexibility index (Phi) is 8.30. The highest BCUT2D eigenvalue weighted by Gasteiger charge is 2.26. The monoisotopic (exact) mass is 533 g/mol. The van der Waals surface area contributed by atoms with Crippen molar-refractivity contribution in [3.8, 4) is 11.1 Å². The van der Waals surface area contributed by atoms with Gasteiger partial charge in [-0.2, -0.15) is 0 Å². The van der Waals surface area contributed by atoms with Crippen molar-refractivity contribution < 1.29 is 19.5 Å². The molecule has 0 fully saturated rings. The second-order valence-electron chi connectivity index (χ2n) is 9.86. The maximum atomic E-state index is 13.9. The van der Waals surface area contributed by atoms with Crippen molar-refractivity contribution in [1.29, 1.82) is 0 Å². The van der Waals surface area contributed by atoms with E-state index in [-0.39, 0.29) is 30.8 Å². The number of aromatic nitrogens is 1. The molecule has 3 aromatic carbocycles. The lowest BCUT2D eigenvalue weighted by Gasteiger charge is -2.24. The molecule has 7 heteroatoms. The normalized spacial score (nSPS) is 13.8. The predicted octanol–water partition coefficient (Wildman–Crippen LogP) is 5.33. The van der Waals surface area contributed by atoms with Gasteiger partial charge in [0.05, 0.1) is 12.5 Å². The SMILES string of the molecule is O=C(O)CCN(CCc1ccccn1)C(=O)c1ccccc1-c1ccccc1C(=O)NC1CCc2ccccc21. The molecule has 1 aliphatic carbocycles. The van der Waals surface area contributed by atoms with E-state index in [1.54, 1.807) is 29.3 Å². The number of carbonyl (C=O) groups excluding carboxylic acids is 2. The van der Waals surface area contributed by atoms with E-state index >= 15 is 0 Å². The summed E-state index contributed by atoms with van der Waals surface area (Å²) in [5.41, 5.74) is 5.40. The van der Waals surface area contributed by atoms with E-state index in [1.807, 2.05) is 60.7 Å². The van der Waals surface area contributed by atoms with Gasteiger partial charge in [-0.05, 0) is 59.4 Å². The van der Waals surface area contributed by atoms with Crippen LogP contribution in [0.1, 0.15) is 56.4 Å². The molecular formula is C33H31N3O4. The smallest absolute Gasteiger partial charge is 0.305 e. The highest BCUT2D eigenvalue weighted by Crippen LogP contribution is 2.33. The zero-order valence-corrected chi connectivity index (χ0v) is 22.1. The molecule has 1 heterocycles. The van der Waals surface area contributed by atoms with Crippen molar-refractivity contribution in [2.45, 2.75) is 31.7 Å². The van der Waals surface area contributed by atoms with Crippen LogP contribution in [0.3, 0.4) is 0 Å². The van der Waals surface area contributed by atoms with E-state index < -0.39 is 5.97 Å². The fraction of sp³-hybridized carbons (Fsp3) is 0.212. The van der Waals surface area contributed by atoms with Crippen LogP contribution in [0.25, 0.3) is 11.1 Å². The minimum absolute atomic E-state index is 0.0632. The van der Waals surface area contributed by atoms with Gasteiger partial charge in [0.2, 0.25) is 0 Å². The number of carboxylic acid groups (broad SMARTS) is 1. The number of aliphatic carboxylic acids is 1. The Morgan fingerprint density at radius 2 is 1.50 bits per heavy atom. The minimum atomic E-state index is -0.973. The maximum Gasteiger partial charge on any atom is 0.305 e. The molecule has 7 nitrogen and oxygen atoms in total. The van der Waals surface area contributed by atoms with Crippen LogP contribution < -0.4 is 5.32 Å². The highest BCUT2D eigenvalue weighted by molar-refractivity contribution is 6.06. The molecular weight excluding hydrogens is 502 g/mol. The number of benzene rings is 3. The summed E-state index contributed by atoms with van der Waals surface area (Å²) in [5.74, 6) is -1.45. The van der Waals surface area contributed by atoms with Crippen LogP contribution in [0.4, 0.5) is 0 Å². The fourth-order valence-corrected chi connectivity index (χ4v) is 5.27. The Morgan fingerprint density at radius 1 is 0.825 bits per heavy atom. The molecule has 0 radical (unpaired) electrons. The Morgan fingerprint density at radius 3 is 2.25 bits per heavy atom. The van der Waals surface area contributed by atoms with E-state index in [1.165, 1.54) is 5.56 Å². The average molecular weight is 534 g/mol. The zero-order chi connectivity index (χ0) is 27.9. The number of carboxylic acids is 1. The van der Waals surface area contributed by atoms with E-state index in [0.717, 1.165) is 24.1 Å². The first-order chi connectivity index (χ1) is 19.5. The number of pyridine rings is 1. The third-order valence-electron chi connectivity index (χ3n) is 7.30. The van der Waals surface area contributed by atoms with Crippen LogP contribution >= 0.6 is 0 Å². The van der Waals surface area contributed by atoms with Gasteiger partial charge in [-0.3, -0.25) is 19.4 Å². The standard InChI is InChI=1S/C33H31N3O4/c37-31(38)19-22-36(21-18-24-10-7-8-20-34-24)33(40)29-15-6-4-13-27(29)26-12-3-5-14-28(26)32(39)35-30-17-16-23-9-1-2-11-25(23)30/h1-15,20,30H,16-19,21-22H2,(H,35,39)(H,37,38). The van der Waals surface area contributed by atoms with Gasteiger partial charge >= 0.3 is 5.97 Å². The lowest BCUT2D eigenvalue weighted by Crippen LogP contribution is -2.35. The summed E-state index contributed by atoms with van der Waals surface area (Å²) in [4.78, 5) is 44.7. The van der Waals surface area contributed by atoms with Gasteiger partial charge in [0.1, 0.15) is 0 Å². The average Bonchev–Trinajstić information content (AvgIpc) is 3.40. The van der Waals surface area contributed by atoms with E-state index in [9.17, 15) is 19.5 Å². The number of hydrogen-bond acceptors (Lipinski definition) is 4. The topological polar surface area (TPSA) is 99.6 Å². The number of amides is 2. The fourth-order valence-electron chi connectivity index (χ4n) is 5.27. The Balaban J connectivity index is 1.42. The molecule has 202 valence electrons. The largest absolute Gasteiger partial charge is 0.481 e. The predicted molar refractivity (Wildman–Crippen MR) is 153 cm³/mol. The summed E-state index contributed by atoms with van der Waals surface area (Å²) in [6, 6.07) is 28.2. The Hall–Kier alpha value is -4.78. The molecule has 0 bridgehead atoms. The van der Waals surface area contributed by atoms with E-state index in [0.29, 0.717) is 35.2 Å². The second-order valence-corrected chi connectivity index (χ2v) is 9.86. The minimum Gasteiger partial charge on any atom is -0.481 e. The Bertz CT molecular complexity index is 1520. The zero-order valence-electron chi connectivity index (χ0n) is 22.1. The van der Waals surface area contributed by atoms with Crippen molar-refractivity contribution in [2.75, 3.05) is 13.1 Å². The molecule has 1 aliphatic rings. The van der Waals surface area contributed by atoms with Gasteiger partial charge in [-0.15, -0.1) is 0 Å². The number of fused-ring (bicyclic) bond motifs is 1. The molecule has 2 N–H and O–H groups in total. The van der Waals surface area contributed by atoms with Crippen LogP contribution in [0, 0.1) is 0 Å². The van der Waals surface area contributed by atoms with Crippen molar-refractivity contribution in [3.63, 3.8) is 0 Å². The number of rotatable bonds is 10.